The third kappa shape index (κ3) is 5.56. The molecule has 1 heterocycles. The molecule has 0 unspecified atom stereocenters. The molecular formula is C18H14ClN3O6S. The molecule has 3 rings (SSSR count). The molecule has 29 heavy (non-hydrogen) atoms. The SMILES string of the molecule is O=C(O)COc1ccc(S(=O)(=O)Nc2ccc(Oc3ncccn3)cc2)cc1Cl. The van der Waals surface area contributed by atoms with Gasteiger partial charge in [-0.15, -0.1) is 0 Å². The average Bonchev–Trinajstić information content (AvgIpc) is 2.69. The van der Waals surface area contributed by atoms with Crippen molar-refractivity contribution in [3.8, 4) is 17.5 Å². The summed E-state index contributed by atoms with van der Waals surface area (Å²) in [6.45, 7) is -0.591. The van der Waals surface area contributed by atoms with Crippen molar-refractivity contribution in [2.45, 2.75) is 4.90 Å². The van der Waals surface area contributed by atoms with E-state index in [1.54, 1.807) is 18.2 Å². The van der Waals surface area contributed by atoms with Gasteiger partial charge in [0.25, 0.3) is 10.0 Å². The van der Waals surface area contributed by atoms with Crippen LogP contribution in [0.4, 0.5) is 5.69 Å². The Morgan fingerprint density at radius 1 is 1.10 bits per heavy atom. The topological polar surface area (TPSA) is 128 Å². The Hall–Kier alpha value is -3.37. The molecule has 0 aliphatic carbocycles. The predicted molar refractivity (Wildman–Crippen MR) is 104 cm³/mol. The first-order chi connectivity index (χ1) is 13.8. The number of sulfonamides is 1. The fourth-order valence-electron chi connectivity index (χ4n) is 2.15. The van der Waals surface area contributed by atoms with Gasteiger partial charge in [-0.3, -0.25) is 4.72 Å². The van der Waals surface area contributed by atoms with Gasteiger partial charge in [0.05, 0.1) is 9.92 Å². The standard InChI is InChI=1S/C18H14ClN3O6S/c19-15-10-14(6-7-16(15)27-11-17(23)24)29(25,26)22-12-2-4-13(5-3-12)28-18-20-8-1-9-21-18/h1-10,22H,11H2,(H,23,24). The molecule has 0 aliphatic heterocycles. The van der Waals surface area contributed by atoms with Crippen molar-refractivity contribution in [2.75, 3.05) is 11.3 Å². The first-order valence-electron chi connectivity index (χ1n) is 8.05. The third-order valence-electron chi connectivity index (χ3n) is 3.42. The van der Waals surface area contributed by atoms with Gasteiger partial charge < -0.3 is 14.6 Å². The van der Waals surface area contributed by atoms with Crippen LogP contribution in [-0.2, 0) is 14.8 Å². The van der Waals surface area contributed by atoms with Crippen LogP contribution in [0.5, 0.6) is 17.5 Å². The van der Waals surface area contributed by atoms with Crippen molar-refractivity contribution in [3.05, 3.63) is 65.9 Å². The third-order valence-corrected chi connectivity index (χ3v) is 5.10. The predicted octanol–water partition coefficient (Wildman–Crippen LogP) is 3.19. The molecular weight excluding hydrogens is 422 g/mol. The monoisotopic (exact) mass is 435 g/mol. The molecule has 0 bridgehead atoms. The summed E-state index contributed by atoms with van der Waals surface area (Å²) in [6.07, 6.45) is 3.07. The van der Waals surface area contributed by atoms with Crippen LogP contribution in [0.15, 0.2) is 65.8 Å². The van der Waals surface area contributed by atoms with Crippen molar-refractivity contribution in [3.63, 3.8) is 0 Å². The zero-order chi connectivity index (χ0) is 20.9. The molecule has 0 spiro atoms. The molecule has 3 aromatic rings. The van der Waals surface area contributed by atoms with Gasteiger partial charge in [0.1, 0.15) is 11.5 Å². The van der Waals surface area contributed by atoms with E-state index in [-0.39, 0.29) is 21.7 Å². The highest BCUT2D eigenvalue weighted by Gasteiger charge is 2.17. The van der Waals surface area contributed by atoms with E-state index >= 15 is 0 Å². The van der Waals surface area contributed by atoms with Crippen LogP contribution in [0.2, 0.25) is 5.02 Å². The Morgan fingerprint density at radius 3 is 2.41 bits per heavy atom. The van der Waals surface area contributed by atoms with Crippen molar-refractivity contribution in [2.24, 2.45) is 0 Å². The highest BCUT2D eigenvalue weighted by molar-refractivity contribution is 7.92. The van der Waals surface area contributed by atoms with Crippen LogP contribution in [0.25, 0.3) is 0 Å². The minimum atomic E-state index is -3.93. The molecule has 11 heteroatoms. The van der Waals surface area contributed by atoms with E-state index in [1.165, 1.54) is 42.7 Å². The van der Waals surface area contributed by atoms with Crippen LogP contribution in [-0.4, -0.2) is 36.1 Å². The fourth-order valence-corrected chi connectivity index (χ4v) is 3.54. The molecule has 0 fully saturated rings. The number of hydrogen-bond acceptors (Lipinski definition) is 7. The van der Waals surface area contributed by atoms with E-state index in [1.807, 2.05) is 0 Å². The highest BCUT2D eigenvalue weighted by atomic mass is 35.5. The Balaban J connectivity index is 1.70. The van der Waals surface area contributed by atoms with Crippen LogP contribution in [0.3, 0.4) is 0 Å². The maximum atomic E-state index is 12.6. The zero-order valence-electron chi connectivity index (χ0n) is 14.6. The fraction of sp³-hybridized carbons (Fsp3) is 0.0556. The average molecular weight is 436 g/mol. The molecule has 0 saturated heterocycles. The number of ether oxygens (including phenoxy) is 2. The summed E-state index contributed by atoms with van der Waals surface area (Å²) in [6, 6.07) is 11.7. The molecule has 1 aromatic heterocycles. The van der Waals surface area contributed by atoms with E-state index in [4.69, 9.17) is 26.2 Å². The Morgan fingerprint density at radius 2 is 1.79 bits per heavy atom. The van der Waals surface area contributed by atoms with Crippen LogP contribution in [0, 0.1) is 0 Å². The maximum absolute atomic E-state index is 12.6. The van der Waals surface area contributed by atoms with Gasteiger partial charge in [-0.25, -0.2) is 23.2 Å². The lowest BCUT2D eigenvalue weighted by Crippen LogP contribution is -2.13. The number of aliphatic carboxylic acids is 1. The number of carboxylic acid groups (broad SMARTS) is 1. The molecule has 9 nitrogen and oxygen atoms in total. The van der Waals surface area contributed by atoms with Crippen LogP contribution in [0.1, 0.15) is 0 Å². The zero-order valence-corrected chi connectivity index (χ0v) is 16.2. The number of carbonyl (C=O) groups is 1. The lowest BCUT2D eigenvalue weighted by atomic mass is 10.3. The summed E-state index contributed by atoms with van der Waals surface area (Å²) < 4.78 is 37.9. The highest BCUT2D eigenvalue weighted by Crippen LogP contribution is 2.28. The molecule has 0 aliphatic rings. The van der Waals surface area contributed by atoms with E-state index < -0.39 is 22.6 Å². The number of carboxylic acids is 1. The normalized spacial score (nSPS) is 10.9. The number of hydrogen-bond donors (Lipinski definition) is 2. The summed E-state index contributed by atoms with van der Waals surface area (Å²) in [5.74, 6) is -0.676. The molecule has 150 valence electrons. The van der Waals surface area contributed by atoms with Gasteiger partial charge in [-0.1, -0.05) is 11.6 Å². The Kier molecular flexibility index (Phi) is 6.15. The molecule has 2 aromatic carbocycles. The van der Waals surface area contributed by atoms with Crippen molar-refractivity contribution in [1.29, 1.82) is 0 Å². The second-order valence-corrected chi connectivity index (χ2v) is 7.63. The molecule has 0 amide bonds. The first kappa shape index (κ1) is 20.4. The number of benzene rings is 2. The number of aromatic nitrogens is 2. The summed E-state index contributed by atoms with van der Waals surface area (Å²) in [7, 11) is -3.93. The van der Waals surface area contributed by atoms with Crippen molar-refractivity contribution in [1.82, 2.24) is 9.97 Å². The second-order valence-electron chi connectivity index (χ2n) is 5.54. The van der Waals surface area contributed by atoms with Gasteiger partial charge in [0, 0.05) is 18.1 Å². The van der Waals surface area contributed by atoms with Crippen LogP contribution >= 0.6 is 11.6 Å². The summed E-state index contributed by atoms with van der Waals surface area (Å²) >= 11 is 5.98. The van der Waals surface area contributed by atoms with E-state index in [0.29, 0.717) is 11.4 Å². The summed E-state index contributed by atoms with van der Waals surface area (Å²) in [5, 5.41) is 8.60. The molecule has 0 atom stereocenters. The van der Waals surface area contributed by atoms with E-state index in [9.17, 15) is 13.2 Å². The number of halogens is 1. The second kappa shape index (κ2) is 8.76. The van der Waals surface area contributed by atoms with Crippen LogP contribution < -0.4 is 14.2 Å². The quantitative estimate of drug-likeness (QED) is 0.552. The Bertz CT molecular complexity index is 1110. The van der Waals surface area contributed by atoms with E-state index in [0.717, 1.165) is 0 Å². The van der Waals surface area contributed by atoms with Gasteiger partial charge in [0.15, 0.2) is 6.61 Å². The minimum absolute atomic E-state index is 0.0271. The lowest BCUT2D eigenvalue weighted by molar-refractivity contribution is -0.139. The van der Waals surface area contributed by atoms with Gasteiger partial charge in [-0.05, 0) is 48.5 Å². The number of nitrogens with one attached hydrogen (secondary N) is 1. The number of anilines is 1. The molecule has 0 radical (unpaired) electrons. The lowest BCUT2D eigenvalue weighted by Gasteiger charge is -2.11. The van der Waals surface area contributed by atoms with Gasteiger partial charge in [-0.2, -0.15) is 0 Å². The smallest absolute Gasteiger partial charge is 0.341 e. The van der Waals surface area contributed by atoms with Crippen molar-refractivity contribution < 1.29 is 27.8 Å². The first-order valence-corrected chi connectivity index (χ1v) is 9.91. The van der Waals surface area contributed by atoms with E-state index in [2.05, 4.69) is 14.7 Å². The number of rotatable bonds is 8. The Labute approximate surface area is 171 Å². The summed E-state index contributed by atoms with van der Waals surface area (Å²) in [5.41, 5.74) is 0.300. The van der Waals surface area contributed by atoms with Gasteiger partial charge in [0.2, 0.25) is 0 Å². The number of nitrogens with zero attached hydrogens (tertiary/aromatic N) is 2. The van der Waals surface area contributed by atoms with Crippen molar-refractivity contribution >= 4 is 33.3 Å². The van der Waals surface area contributed by atoms with Gasteiger partial charge >= 0.3 is 12.0 Å². The molecule has 2 N–H and O–H groups in total. The minimum Gasteiger partial charge on any atom is -0.480 e. The summed E-state index contributed by atoms with van der Waals surface area (Å²) in [4.78, 5) is 18.3. The largest absolute Gasteiger partial charge is 0.480 e. The molecule has 0 saturated carbocycles. The maximum Gasteiger partial charge on any atom is 0.341 e.